The molecular weight excluding hydrogens is 290 g/mol. The zero-order valence-electron chi connectivity index (χ0n) is 12.8. The lowest BCUT2D eigenvalue weighted by Crippen LogP contribution is -2.32. The fourth-order valence-corrected chi connectivity index (χ4v) is 4.54. The smallest absolute Gasteiger partial charge is 0.0850 e. The van der Waals surface area contributed by atoms with E-state index in [1.54, 1.807) is 0 Å². The van der Waals surface area contributed by atoms with Crippen LogP contribution in [0.4, 0.5) is 0 Å². The van der Waals surface area contributed by atoms with Crippen LogP contribution in [0.2, 0.25) is 5.02 Å². The van der Waals surface area contributed by atoms with Crippen molar-refractivity contribution in [3.8, 4) is 0 Å². The highest BCUT2D eigenvalue weighted by Gasteiger charge is 2.21. The Labute approximate surface area is 131 Å². The third-order valence-corrected chi connectivity index (χ3v) is 5.79. The summed E-state index contributed by atoms with van der Waals surface area (Å²) in [5.41, 5.74) is 2.20. The van der Waals surface area contributed by atoms with Crippen LogP contribution < -0.4 is 5.32 Å². The minimum Gasteiger partial charge on any atom is -0.317 e. The van der Waals surface area contributed by atoms with Crippen LogP contribution in [0.1, 0.15) is 37.6 Å². The van der Waals surface area contributed by atoms with Crippen molar-refractivity contribution < 1.29 is 0 Å². The summed E-state index contributed by atoms with van der Waals surface area (Å²) in [6.07, 6.45) is 5.85. The fraction of sp³-hybridized carbons (Fsp3) is 0.800. The molecule has 0 radical (unpaired) electrons. The van der Waals surface area contributed by atoms with Crippen LogP contribution in [-0.4, -0.2) is 34.4 Å². The Balaban J connectivity index is 2.00. The molecule has 1 unspecified atom stereocenters. The van der Waals surface area contributed by atoms with Gasteiger partial charge in [0.05, 0.1) is 16.4 Å². The third-order valence-electron chi connectivity index (χ3n) is 4.31. The van der Waals surface area contributed by atoms with Crippen LogP contribution >= 0.6 is 23.4 Å². The average molecular weight is 316 g/mol. The molecule has 2 rings (SSSR count). The van der Waals surface area contributed by atoms with Gasteiger partial charge in [-0.3, -0.25) is 4.68 Å². The van der Waals surface area contributed by atoms with E-state index in [4.69, 9.17) is 11.6 Å². The lowest BCUT2D eigenvalue weighted by atomic mass is 9.92. The molecule has 2 heterocycles. The van der Waals surface area contributed by atoms with Crippen LogP contribution in [0.15, 0.2) is 0 Å². The first-order chi connectivity index (χ1) is 9.65. The molecule has 0 saturated carbocycles. The molecule has 1 aromatic rings. The average Bonchev–Trinajstić information content (AvgIpc) is 2.74. The Morgan fingerprint density at radius 2 is 2.15 bits per heavy atom. The Kier molecular flexibility index (Phi) is 6.24. The maximum atomic E-state index is 6.46. The van der Waals surface area contributed by atoms with Crippen molar-refractivity contribution in [3.63, 3.8) is 0 Å². The number of hydrogen-bond donors (Lipinski definition) is 1. The zero-order chi connectivity index (χ0) is 14.5. The van der Waals surface area contributed by atoms with Crippen molar-refractivity contribution in [2.75, 3.05) is 18.6 Å². The van der Waals surface area contributed by atoms with E-state index >= 15 is 0 Å². The number of aromatic nitrogens is 2. The first-order valence-electron chi connectivity index (χ1n) is 7.60. The largest absolute Gasteiger partial charge is 0.317 e. The van der Waals surface area contributed by atoms with Gasteiger partial charge in [-0.1, -0.05) is 18.5 Å². The highest BCUT2D eigenvalue weighted by atomic mass is 35.5. The number of aryl methyl sites for hydroxylation is 2. The summed E-state index contributed by atoms with van der Waals surface area (Å²) in [5.74, 6) is 3.52. The maximum Gasteiger partial charge on any atom is 0.0850 e. The molecule has 1 aromatic heterocycles. The lowest BCUT2D eigenvalue weighted by molar-refractivity contribution is 0.372. The van der Waals surface area contributed by atoms with Crippen LogP contribution in [-0.2, 0) is 19.9 Å². The summed E-state index contributed by atoms with van der Waals surface area (Å²) in [4.78, 5) is 0. The third kappa shape index (κ3) is 3.92. The van der Waals surface area contributed by atoms with E-state index in [9.17, 15) is 0 Å². The summed E-state index contributed by atoms with van der Waals surface area (Å²) in [7, 11) is 4.07. The van der Waals surface area contributed by atoms with E-state index in [1.807, 2.05) is 11.7 Å². The van der Waals surface area contributed by atoms with Gasteiger partial charge in [-0.25, -0.2) is 0 Å². The normalized spacial score (nSPS) is 18.4. The molecule has 0 aliphatic carbocycles. The fourth-order valence-electron chi connectivity index (χ4n) is 2.96. The van der Waals surface area contributed by atoms with E-state index in [0.717, 1.165) is 29.5 Å². The van der Waals surface area contributed by atoms with Crippen LogP contribution in [0.5, 0.6) is 0 Å². The number of halogens is 1. The number of hydrogen-bond acceptors (Lipinski definition) is 3. The molecular formula is C15H26ClN3S. The molecule has 114 valence electrons. The van der Waals surface area contributed by atoms with Crippen molar-refractivity contribution in [2.45, 2.75) is 45.1 Å². The first kappa shape index (κ1) is 16.2. The summed E-state index contributed by atoms with van der Waals surface area (Å²) >= 11 is 8.55. The van der Waals surface area contributed by atoms with Crippen molar-refractivity contribution in [1.82, 2.24) is 15.1 Å². The SMILES string of the molecule is CCc1nn(C)c(CC(CC2CCSCC2)NC)c1Cl. The van der Waals surface area contributed by atoms with Gasteiger partial charge in [0.15, 0.2) is 0 Å². The van der Waals surface area contributed by atoms with E-state index in [0.29, 0.717) is 6.04 Å². The van der Waals surface area contributed by atoms with Gasteiger partial charge in [-0.2, -0.15) is 16.9 Å². The number of nitrogens with one attached hydrogen (secondary N) is 1. The number of thioether (sulfide) groups is 1. The van der Waals surface area contributed by atoms with Crippen molar-refractivity contribution in [2.24, 2.45) is 13.0 Å². The van der Waals surface area contributed by atoms with Crippen LogP contribution in [0, 0.1) is 5.92 Å². The van der Waals surface area contributed by atoms with Gasteiger partial charge in [-0.15, -0.1) is 0 Å². The standard InChI is InChI=1S/C15H26ClN3S/c1-4-13-15(16)14(19(3)18-13)10-12(17-2)9-11-5-7-20-8-6-11/h11-12,17H,4-10H2,1-3H3. The van der Waals surface area contributed by atoms with E-state index < -0.39 is 0 Å². The van der Waals surface area contributed by atoms with Crippen molar-refractivity contribution >= 4 is 23.4 Å². The molecule has 3 nitrogen and oxygen atoms in total. The molecule has 0 spiro atoms. The van der Waals surface area contributed by atoms with E-state index in [1.165, 1.54) is 36.5 Å². The van der Waals surface area contributed by atoms with Gasteiger partial charge in [0.2, 0.25) is 0 Å². The highest BCUT2D eigenvalue weighted by Crippen LogP contribution is 2.28. The van der Waals surface area contributed by atoms with Gasteiger partial charge in [0.25, 0.3) is 0 Å². The maximum absolute atomic E-state index is 6.46. The van der Waals surface area contributed by atoms with Crippen molar-refractivity contribution in [3.05, 3.63) is 16.4 Å². The summed E-state index contributed by atoms with van der Waals surface area (Å²) < 4.78 is 1.96. The first-order valence-corrected chi connectivity index (χ1v) is 9.14. The molecule has 1 saturated heterocycles. The van der Waals surface area contributed by atoms with Crippen LogP contribution in [0.3, 0.4) is 0 Å². The molecule has 20 heavy (non-hydrogen) atoms. The highest BCUT2D eigenvalue weighted by molar-refractivity contribution is 7.99. The summed E-state index contributed by atoms with van der Waals surface area (Å²) in [6.45, 7) is 2.10. The molecule has 0 aromatic carbocycles. The molecule has 1 N–H and O–H groups in total. The molecule has 1 atom stereocenters. The number of rotatable bonds is 6. The monoisotopic (exact) mass is 315 g/mol. The molecule has 1 aliphatic rings. The predicted molar refractivity (Wildman–Crippen MR) is 88.8 cm³/mol. The molecule has 5 heteroatoms. The van der Waals surface area contributed by atoms with E-state index in [-0.39, 0.29) is 0 Å². The Hall–Kier alpha value is -0.190. The Morgan fingerprint density at radius 3 is 2.70 bits per heavy atom. The molecule has 1 fully saturated rings. The van der Waals surface area contributed by atoms with Gasteiger partial charge in [0, 0.05) is 19.5 Å². The quantitative estimate of drug-likeness (QED) is 0.873. The van der Waals surface area contributed by atoms with Gasteiger partial charge < -0.3 is 5.32 Å². The van der Waals surface area contributed by atoms with Gasteiger partial charge in [-0.05, 0) is 50.2 Å². The van der Waals surface area contributed by atoms with E-state index in [2.05, 4.69) is 36.1 Å². The Bertz CT molecular complexity index is 427. The minimum absolute atomic E-state index is 0.501. The second kappa shape index (κ2) is 7.71. The number of likely N-dealkylation sites (N-methyl/N-ethyl adjacent to an activating group) is 1. The molecule has 0 amide bonds. The minimum atomic E-state index is 0.501. The molecule has 1 aliphatic heterocycles. The zero-order valence-corrected chi connectivity index (χ0v) is 14.4. The van der Waals surface area contributed by atoms with Gasteiger partial charge in [0.1, 0.15) is 0 Å². The summed E-state index contributed by atoms with van der Waals surface area (Å²) in [5, 5.41) is 8.86. The predicted octanol–water partition coefficient (Wildman–Crippen LogP) is 3.30. The summed E-state index contributed by atoms with van der Waals surface area (Å²) in [6, 6.07) is 0.501. The topological polar surface area (TPSA) is 29.9 Å². The molecule has 0 bridgehead atoms. The Morgan fingerprint density at radius 1 is 1.45 bits per heavy atom. The lowest BCUT2D eigenvalue weighted by Gasteiger charge is -2.26. The van der Waals surface area contributed by atoms with Crippen LogP contribution in [0.25, 0.3) is 0 Å². The van der Waals surface area contributed by atoms with Crippen molar-refractivity contribution in [1.29, 1.82) is 0 Å². The van der Waals surface area contributed by atoms with Gasteiger partial charge >= 0.3 is 0 Å². The number of nitrogens with zero attached hydrogens (tertiary/aromatic N) is 2. The second-order valence-electron chi connectivity index (χ2n) is 5.67. The second-order valence-corrected chi connectivity index (χ2v) is 7.27.